The average Bonchev–Trinajstić information content (AvgIpc) is 1.32. The van der Waals surface area contributed by atoms with Gasteiger partial charge < -0.3 is 107 Å². The molecule has 6 unspecified atom stereocenters. The van der Waals surface area contributed by atoms with Crippen molar-refractivity contribution in [2.75, 3.05) is 55.4 Å². The normalized spacial score (nSPS) is 46.5. The van der Waals surface area contributed by atoms with E-state index in [2.05, 4.69) is 101 Å². The molecule has 642 valence electrons. The molecular weight excluding hydrogens is 1410 g/mol. The molecule has 6 aliphatic heterocycles. The summed E-state index contributed by atoms with van der Waals surface area (Å²) in [5, 5.41) is 84.3. The third kappa shape index (κ3) is 23.9. The molecule has 0 saturated carbocycles. The Labute approximate surface area is 661 Å². The molecule has 0 aromatic heterocycles. The van der Waals surface area contributed by atoms with Crippen molar-refractivity contribution >= 4 is 20.3 Å². The molecule has 109 heavy (non-hydrogen) atoms. The standard InChI is InChI=1S/C45H88N2O10Si.C39H74N2O10/c1-21-34-45(15,51)39(57-58(19,20)42(9,10)11)31(7)47(18)25-26(2)23-44(14,50)38(56-41-36(48)33(46(16)17)22-27(3)52-41)28(4)37(29(5)40(49)54-34)55-35-24-43(12,13)30(6)32(8)53-35;1-16-29-39(12,46)33(43)26(7)41(15)20-21(2)18-38(11,45)34(51-36-31(42)28(40(13)14)17-22(3)47-36)23(4)32(24(5)35(44)49-29)50-30-19-37(9,10)25(6)27(8)48-30/h26-39,41,48,50-51H,21-25H2,1-20H3;21-34,36,42-43,45-46H,16-20H2,1-15H3/t26-,27-,28?,29-,30+,31-,32+,33+,34-,35?,36-,37+,38-,39-,41?,44-,45-;21-,22-,23?,24-,25+,26-,27+,28+,29-,30?,31-,32+,33-,34-,36?,38-,39-/m11/s1. The lowest BCUT2D eigenvalue weighted by Crippen LogP contribution is -2.63. The number of aliphatic hydroxyl groups is 7. The second kappa shape index (κ2) is 38.4. The molecule has 0 aromatic rings. The molecule has 6 heterocycles. The number of likely N-dealkylation sites (N-methyl/N-ethyl adjacent to an activating group) is 4. The molecule has 24 nitrogen and oxygen atoms in total. The monoisotopic (exact) mass is 1580 g/mol. The Hall–Kier alpha value is -1.64. The van der Waals surface area contributed by atoms with Gasteiger partial charge in [0.1, 0.15) is 41.7 Å². The maximum Gasteiger partial charge on any atom is 0.311 e. The number of esters is 2. The third-order valence-corrected chi connectivity index (χ3v) is 32.1. The van der Waals surface area contributed by atoms with E-state index in [-0.39, 0.29) is 94.9 Å². The van der Waals surface area contributed by atoms with Crippen molar-refractivity contribution in [1.29, 1.82) is 0 Å². The summed E-state index contributed by atoms with van der Waals surface area (Å²) in [6, 6.07) is -1.26. The van der Waals surface area contributed by atoms with E-state index in [1.807, 2.05) is 119 Å². The molecular formula is C84H162N4O20Si. The van der Waals surface area contributed by atoms with E-state index in [1.54, 1.807) is 34.6 Å². The number of ether oxygens (including phenoxy) is 10. The van der Waals surface area contributed by atoms with Crippen LogP contribution in [0.4, 0.5) is 0 Å². The van der Waals surface area contributed by atoms with E-state index in [1.165, 1.54) is 6.92 Å². The number of carbonyl (C=O) groups excluding carboxylic acids is 2. The Morgan fingerprint density at radius 3 is 1.17 bits per heavy atom. The van der Waals surface area contributed by atoms with Gasteiger partial charge in [-0.15, -0.1) is 0 Å². The number of nitrogens with zero attached hydrogens (tertiary/aromatic N) is 4. The Morgan fingerprint density at radius 1 is 0.505 bits per heavy atom. The molecule has 0 bridgehead atoms. The second-order valence-corrected chi connectivity index (χ2v) is 44.6. The Balaban J connectivity index is 0.000000394. The van der Waals surface area contributed by atoms with Crippen molar-refractivity contribution in [1.82, 2.24) is 19.6 Å². The highest BCUT2D eigenvalue weighted by atomic mass is 28.4. The van der Waals surface area contributed by atoms with Gasteiger partial charge in [0.2, 0.25) is 0 Å². The number of carbonyl (C=O) groups is 2. The summed E-state index contributed by atoms with van der Waals surface area (Å²) < 4.78 is 72.5. The lowest BCUT2D eigenvalue weighted by atomic mass is 9.72. The first-order valence-electron chi connectivity index (χ1n) is 41.6. The van der Waals surface area contributed by atoms with Crippen LogP contribution in [0.2, 0.25) is 18.1 Å². The fourth-order valence-corrected chi connectivity index (χ4v) is 19.9. The number of aliphatic hydroxyl groups excluding tert-OH is 3. The number of cyclic esters (lactones) is 2. The summed E-state index contributed by atoms with van der Waals surface area (Å²) in [6.45, 7) is 58.9. The van der Waals surface area contributed by atoms with Gasteiger partial charge in [0.15, 0.2) is 33.5 Å². The van der Waals surface area contributed by atoms with Gasteiger partial charge in [0.05, 0.1) is 78.0 Å². The SMILES string of the molecule is CC[C@H]1OC(=O)[C@H](C)[C@@H](OC2CC(C)(C)[C@@H](C)[C@H](C)O2)C(C)[C@@H](OC2O[C@H](C)C[C@H](N(C)C)[C@H]2O)[C@](C)(O)C[C@@H](C)CN(C)[C@H](C)[C@@H](O)[C@]1(C)O.CC[C@H]1OC(=O)[C@H](C)[C@@H](OC2CC(C)(C)[C@@H](C)[C@H](C)O2)C(C)[C@@H](OC2O[C@H](C)C[C@H](N(C)C)[C@H]2O)[C@](C)(O)C[C@@H](C)CN(C)[C@H](C)[C@@H](O[Si](C)(C)C(C)(C)C)[C@]1(C)O. The highest BCUT2D eigenvalue weighted by molar-refractivity contribution is 6.74. The number of hydrogen-bond donors (Lipinski definition) is 7. The van der Waals surface area contributed by atoms with E-state index in [0.29, 0.717) is 51.6 Å². The van der Waals surface area contributed by atoms with E-state index in [0.717, 1.165) is 0 Å². The molecule has 0 aliphatic carbocycles. The zero-order valence-corrected chi connectivity index (χ0v) is 75.6. The predicted octanol–water partition coefficient (Wildman–Crippen LogP) is 10.6. The van der Waals surface area contributed by atoms with Crippen LogP contribution < -0.4 is 0 Å². The van der Waals surface area contributed by atoms with Crippen LogP contribution in [-0.2, 0) is 61.4 Å². The van der Waals surface area contributed by atoms with Crippen LogP contribution in [0, 0.1) is 58.2 Å². The first kappa shape index (κ1) is 97.9. The fourth-order valence-electron chi connectivity index (χ4n) is 18.5. The molecule has 6 saturated heterocycles. The fraction of sp³-hybridized carbons (Fsp3) is 0.976. The van der Waals surface area contributed by atoms with Gasteiger partial charge in [-0.1, -0.05) is 104 Å². The van der Waals surface area contributed by atoms with Crippen LogP contribution in [0.15, 0.2) is 0 Å². The van der Waals surface area contributed by atoms with Crippen LogP contribution in [0.3, 0.4) is 0 Å². The minimum Gasteiger partial charge on any atom is -0.459 e. The molecule has 34 atom stereocenters. The summed E-state index contributed by atoms with van der Waals surface area (Å²) in [4.78, 5) is 37.0. The average molecular weight is 1580 g/mol. The summed E-state index contributed by atoms with van der Waals surface area (Å²) in [5.41, 5.74) is -6.51. The Morgan fingerprint density at radius 2 is 0.844 bits per heavy atom. The zero-order valence-electron chi connectivity index (χ0n) is 74.6. The van der Waals surface area contributed by atoms with Crippen molar-refractivity contribution in [3.8, 4) is 0 Å². The van der Waals surface area contributed by atoms with Gasteiger partial charge in [-0.3, -0.25) is 9.59 Å². The molecule has 7 N–H and O–H groups in total. The van der Waals surface area contributed by atoms with Crippen LogP contribution in [0.5, 0.6) is 0 Å². The first-order chi connectivity index (χ1) is 49.6. The van der Waals surface area contributed by atoms with Crippen LogP contribution in [0.1, 0.15) is 238 Å². The highest BCUT2D eigenvalue weighted by Gasteiger charge is 2.57. The molecule has 0 spiro atoms. The van der Waals surface area contributed by atoms with Crippen molar-refractivity contribution in [3.05, 3.63) is 0 Å². The van der Waals surface area contributed by atoms with Gasteiger partial charge >= 0.3 is 11.9 Å². The lowest BCUT2D eigenvalue weighted by Gasteiger charge is -2.49. The summed E-state index contributed by atoms with van der Waals surface area (Å²) in [6.07, 6.45) is -9.90. The van der Waals surface area contributed by atoms with E-state index in [4.69, 9.17) is 51.8 Å². The van der Waals surface area contributed by atoms with Gasteiger partial charge in [-0.05, 0) is 217 Å². The maximum atomic E-state index is 14.7. The maximum absolute atomic E-state index is 14.7. The molecule has 0 radical (unpaired) electrons. The summed E-state index contributed by atoms with van der Waals surface area (Å²) in [7, 11) is 9.11. The van der Waals surface area contributed by atoms with E-state index >= 15 is 0 Å². The topological polar surface area (TPSA) is 290 Å². The molecule has 0 amide bonds. The number of hydrogen-bond acceptors (Lipinski definition) is 24. The largest absolute Gasteiger partial charge is 0.459 e. The molecule has 6 aliphatic rings. The van der Waals surface area contributed by atoms with Crippen molar-refractivity contribution in [2.24, 2.45) is 58.2 Å². The van der Waals surface area contributed by atoms with Crippen LogP contribution in [-0.4, -0.2) is 288 Å². The number of rotatable bonds is 14. The Kier molecular flexibility index (Phi) is 34.5. The smallest absolute Gasteiger partial charge is 0.311 e. The van der Waals surface area contributed by atoms with Crippen molar-refractivity contribution < 1.29 is 97.1 Å². The summed E-state index contributed by atoms with van der Waals surface area (Å²) >= 11 is 0. The van der Waals surface area contributed by atoms with Gasteiger partial charge in [-0.2, -0.15) is 0 Å². The van der Waals surface area contributed by atoms with Crippen LogP contribution >= 0.6 is 0 Å². The zero-order chi connectivity index (χ0) is 83.6. The van der Waals surface area contributed by atoms with Gasteiger partial charge in [0, 0.05) is 61.9 Å². The van der Waals surface area contributed by atoms with Gasteiger partial charge in [0.25, 0.3) is 0 Å². The van der Waals surface area contributed by atoms with E-state index < -0.39 is 159 Å². The van der Waals surface area contributed by atoms with Crippen LogP contribution in [0.25, 0.3) is 0 Å². The third-order valence-electron chi connectivity index (χ3n) is 27.6. The summed E-state index contributed by atoms with van der Waals surface area (Å²) in [5.74, 6) is -3.83. The lowest BCUT2D eigenvalue weighted by molar-refractivity contribution is -0.310. The highest BCUT2D eigenvalue weighted by Crippen LogP contribution is 2.48. The van der Waals surface area contributed by atoms with Crippen molar-refractivity contribution in [3.63, 3.8) is 0 Å². The minimum atomic E-state index is -2.46. The van der Waals surface area contributed by atoms with E-state index in [9.17, 15) is 45.3 Å². The quantitative estimate of drug-likeness (QED) is 0.0628. The van der Waals surface area contributed by atoms with Crippen molar-refractivity contribution in [2.45, 2.75) is 414 Å². The molecule has 6 rings (SSSR count). The minimum absolute atomic E-state index is 0.0588. The molecule has 0 aromatic carbocycles. The molecule has 25 heteroatoms. The molecule has 6 fully saturated rings. The van der Waals surface area contributed by atoms with Gasteiger partial charge in [-0.25, -0.2) is 0 Å². The first-order valence-corrected chi connectivity index (χ1v) is 44.5. The Bertz CT molecular complexity index is 2810. The second-order valence-electron chi connectivity index (χ2n) is 39.8. The predicted molar refractivity (Wildman–Crippen MR) is 427 cm³/mol.